The van der Waals surface area contributed by atoms with Crippen LogP contribution >= 0.6 is 0 Å². The summed E-state index contributed by atoms with van der Waals surface area (Å²) in [7, 11) is 1.31. The van der Waals surface area contributed by atoms with Gasteiger partial charge in [-0.1, -0.05) is 12.1 Å². The number of Topliss-reactive ketones (excluding diaryl/α,β-unsaturated/α-hetero) is 1. The molecule has 0 unspecified atom stereocenters. The summed E-state index contributed by atoms with van der Waals surface area (Å²) in [5.74, 6) is -0.600. The molecule has 3 rings (SSSR count). The highest BCUT2D eigenvalue weighted by atomic mass is 16.5. The number of para-hydroxylation sites is 1. The monoisotopic (exact) mass is 390 g/mol. The van der Waals surface area contributed by atoms with E-state index < -0.39 is 11.9 Å². The molecule has 0 fully saturated rings. The molecular weight excluding hydrogens is 372 g/mol. The third-order valence-electron chi connectivity index (χ3n) is 4.04. The van der Waals surface area contributed by atoms with Crippen LogP contribution in [0.1, 0.15) is 38.1 Å². The molecule has 8 nitrogen and oxygen atoms in total. The van der Waals surface area contributed by atoms with E-state index in [1.807, 2.05) is 0 Å². The second-order valence-corrected chi connectivity index (χ2v) is 6.05. The molecule has 29 heavy (non-hydrogen) atoms. The highest BCUT2D eigenvalue weighted by Crippen LogP contribution is 2.20. The van der Waals surface area contributed by atoms with E-state index >= 15 is 0 Å². The lowest BCUT2D eigenvalue weighted by Gasteiger charge is -2.10. The number of carbonyl (C=O) groups is 3. The van der Waals surface area contributed by atoms with Crippen molar-refractivity contribution in [1.29, 1.82) is 0 Å². The molecule has 8 heteroatoms. The van der Waals surface area contributed by atoms with Crippen molar-refractivity contribution in [3.05, 3.63) is 77.5 Å². The second kappa shape index (κ2) is 8.75. The molecule has 0 saturated carbocycles. The van der Waals surface area contributed by atoms with Gasteiger partial charge in [-0.15, -0.1) is 10.2 Å². The summed E-state index contributed by atoms with van der Waals surface area (Å²) in [5, 5.41) is 13.6. The minimum absolute atomic E-state index is 0.0504. The number of anilines is 3. The van der Waals surface area contributed by atoms with Gasteiger partial charge in [0.1, 0.15) is 0 Å². The first kappa shape index (κ1) is 19.7. The standard InChI is InChI=1S/C21H18N4O4/c1-13(26)14-7-9-15(10-8-14)22-20(27)18-11-12-19(25-24-18)23-17-6-4-3-5-16(17)21(28)29-2/h3-12H,1-2H3,(H,22,27)(H,23,25). The third kappa shape index (κ3) is 4.81. The lowest BCUT2D eigenvalue weighted by Crippen LogP contribution is -2.15. The van der Waals surface area contributed by atoms with Gasteiger partial charge < -0.3 is 15.4 Å². The average Bonchev–Trinajstić information content (AvgIpc) is 2.74. The Hall–Kier alpha value is -4.07. The van der Waals surface area contributed by atoms with Crippen molar-refractivity contribution >= 4 is 34.9 Å². The van der Waals surface area contributed by atoms with Crippen LogP contribution in [0.2, 0.25) is 0 Å². The van der Waals surface area contributed by atoms with E-state index in [9.17, 15) is 14.4 Å². The summed E-state index contributed by atoms with van der Waals surface area (Å²) in [6.07, 6.45) is 0. The number of methoxy groups -OCH3 is 1. The Morgan fingerprint density at radius 3 is 2.24 bits per heavy atom. The molecule has 2 aromatic carbocycles. The maximum Gasteiger partial charge on any atom is 0.339 e. The second-order valence-electron chi connectivity index (χ2n) is 6.05. The number of ketones is 1. The summed E-state index contributed by atoms with van der Waals surface area (Å²) in [6.45, 7) is 1.47. The summed E-state index contributed by atoms with van der Waals surface area (Å²) in [5.41, 5.74) is 2.08. The Morgan fingerprint density at radius 1 is 0.897 bits per heavy atom. The molecule has 146 valence electrons. The number of hydrogen-bond acceptors (Lipinski definition) is 7. The van der Waals surface area contributed by atoms with Crippen molar-refractivity contribution in [3.8, 4) is 0 Å². The molecule has 0 bridgehead atoms. The van der Waals surface area contributed by atoms with Crippen molar-refractivity contribution in [2.75, 3.05) is 17.7 Å². The number of nitrogens with zero attached hydrogens (tertiary/aromatic N) is 2. The van der Waals surface area contributed by atoms with Gasteiger partial charge in [0.2, 0.25) is 0 Å². The van der Waals surface area contributed by atoms with Crippen LogP contribution in [0.4, 0.5) is 17.2 Å². The predicted molar refractivity (Wildman–Crippen MR) is 107 cm³/mol. The Labute approximate surface area is 166 Å². The quantitative estimate of drug-likeness (QED) is 0.490. The molecule has 0 aliphatic carbocycles. The lowest BCUT2D eigenvalue weighted by atomic mass is 10.1. The molecule has 3 aromatic rings. The molecule has 0 saturated heterocycles. The molecule has 1 aromatic heterocycles. The van der Waals surface area contributed by atoms with Crippen LogP contribution in [-0.4, -0.2) is 35.0 Å². The van der Waals surface area contributed by atoms with Gasteiger partial charge in [-0.25, -0.2) is 4.79 Å². The van der Waals surface area contributed by atoms with Crippen LogP contribution in [0.3, 0.4) is 0 Å². The van der Waals surface area contributed by atoms with Crippen LogP contribution in [0.5, 0.6) is 0 Å². The minimum Gasteiger partial charge on any atom is -0.465 e. The zero-order chi connectivity index (χ0) is 20.8. The van der Waals surface area contributed by atoms with Gasteiger partial charge in [0.25, 0.3) is 5.91 Å². The van der Waals surface area contributed by atoms with Crippen molar-refractivity contribution in [1.82, 2.24) is 10.2 Å². The topological polar surface area (TPSA) is 110 Å². The summed E-state index contributed by atoms with van der Waals surface area (Å²) in [6, 6.07) is 16.5. The summed E-state index contributed by atoms with van der Waals surface area (Å²) >= 11 is 0. The Bertz CT molecular complexity index is 1050. The largest absolute Gasteiger partial charge is 0.465 e. The third-order valence-corrected chi connectivity index (χ3v) is 4.04. The molecule has 0 atom stereocenters. The van der Waals surface area contributed by atoms with E-state index in [-0.39, 0.29) is 11.5 Å². The number of aromatic nitrogens is 2. The smallest absolute Gasteiger partial charge is 0.339 e. The van der Waals surface area contributed by atoms with Gasteiger partial charge in [-0.3, -0.25) is 9.59 Å². The van der Waals surface area contributed by atoms with Gasteiger partial charge >= 0.3 is 5.97 Å². The fraction of sp³-hybridized carbons (Fsp3) is 0.0952. The molecular formula is C21H18N4O4. The van der Waals surface area contributed by atoms with Crippen molar-refractivity contribution in [2.24, 2.45) is 0 Å². The number of hydrogen-bond donors (Lipinski definition) is 2. The number of nitrogens with one attached hydrogen (secondary N) is 2. The van der Waals surface area contributed by atoms with E-state index in [2.05, 4.69) is 20.8 Å². The molecule has 0 spiro atoms. The highest BCUT2D eigenvalue weighted by molar-refractivity contribution is 6.03. The first-order chi connectivity index (χ1) is 14.0. The number of carbonyl (C=O) groups excluding carboxylic acids is 3. The molecule has 1 amide bonds. The number of esters is 1. The van der Waals surface area contributed by atoms with Crippen LogP contribution in [0.25, 0.3) is 0 Å². The van der Waals surface area contributed by atoms with Crippen molar-refractivity contribution < 1.29 is 19.1 Å². The van der Waals surface area contributed by atoms with Gasteiger partial charge in [0.15, 0.2) is 17.3 Å². The summed E-state index contributed by atoms with van der Waals surface area (Å²) < 4.78 is 4.76. The van der Waals surface area contributed by atoms with Crippen LogP contribution in [-0.2, 0) is 4.74 Å². The van der Waals surface area contributed by atoms with Crippen molar-refractivity contribution in [2.45, 2.75) is 6.92 Å². The predicted octanol–water partition coefficient (Wildman–Crippen LogP) is 3.46. The Balaban J connectivity index is 1.69. The highest BCUT2D eigenvalue weighted by Gasteiger charge is 2.13. The van der Waals surface area contributed by atoms with Crippen LogP contribution in [0, 0.1) is 0 Å². The van der Waals surface area contributed by atoms with Gasteiger partial charge in [-0.05, 0) is 55.5 Å². The zero-order valence-electron chi connectivity index (χ0n) is 15.8. The molecule has 2 N–H and O–H groups in total. The minimum atomic E-state index is -0.479. The fourth-order valence-corrected chi connectivity index (χ4v) is 2.52. The SMILES string of the molecule is COC(=O)c1ccccc1Nc1ccc(C(=O)Nc2ccc(C(C)=O)cc2)nn1. The Kier molecular flexibility index (Phi) is 5.94. The number of benzene rings is 2. The Morgan fingerprint density at radius 2 is 1.62 bits per heavy atom. The van der Waals surface area contributed by atoms with Crippen LogP contribution < -0.4 is 10.6 Å². The van der Waals surface area contributed by atoms with Gasteiger partial charge in [0, 0.05) is 11.3 Å². The lowest BCUT2D eigenvalue weighted by molar-refractivity contribution is 0.0601. The van der Waals surface area contributed by atoms with Crippen molar-refractivity contribution in [3.63, 3.8) is 0 Å². The number of amides is 1. The number of rotatable bonds is 6. The van der Waals surface area contributed by atoms with Gasteiger partial charge in [0.05, 0.1) is 18.4 Å². The van der Waals surface area contributed by atoms with Crippen LogP contribution in [0.15, 0.2) is 60.7 Å². The first-order valence-corrected chi connectivity index (χ1v) is 8.68. The average molecular weight is 390 g/mol. The molecule has 0 aliphatic heterocycles. The zero-order valence-corrected chi connectivity index (χ0v) is 15.8. The molecule has 1 heterocycles. The fourth-order valence-electron chi connectivity index (χ4n) is 2.52. The van der Waals surface area contributed by atoms with Gasteiger partial charge in [-0.2, -0.15) is 0 Å². The van der Waals surface area contributed by atoms with E-state index in [0.717, 1.165) is 0 Å². The van der Waals surface area contributed by atoms with E-state index in [4.69, 9.17) is 4.74 Å². The maximum atomic E-state index is 12.3. The maximum absolute atomic E-state index is 12.3. The molecule has 0 radical (unpaired) electrons. The first-order valence-electron chi connectivity index (χ1n) is 8.68. The summed E-state index contributed by atoms with van der Waals surface area (Å²) in [4.78, 5) is 35.5. The van der Waals surface area contributed by atoms with E-state index in [0.29, 0.717) is 28.3 Å². The number of ether oxygens (including phenoxy) is 1. The molecule has 0 aliphatic rings. The van der Waals surface area contributed by atoms with E-state index in [1.54, 1.807) is 54.6 Å². The normalized spacial score (nSPS) is 10.1. The van der Waals surface area contributed by atoms with E-state index in [1.165, 1.54) is 20.1 Å².